The first-order valence-electron chi connectivity index (χ1n) is 3.80. The van der Waals surface area contributed by atoms with Crippen molar-refractivity contribution in [2.75, 3.05) is 13.1 Å². The quantitative estimate of drug-likeness (QED) is 0.671. The van der Waals surface area contributed by atoms with Crippen molar-refractivity contribution in [1.82, 2.24) is 4.90 Å². The highest BCUT2D eigenvalue weighted by atomic mass is 16.4. The van der Waals surface area contributed by atoms with E-state index in [9.17, 15) is 4.79 Å². The zero-order chi connectivity index (χ0) is 9.40. The molecule has 0 saturated heterocycles. The van der Waals surface area contributed by atoms with Gasteiger partial charge in [-0.15, -0.1) is 0 Å². The highest BCUT2D eigenvalue weighted by Crippen LogP contribution is 1.90. The van der Waals surface area contributed by atoms with Crippen LogP contribution in [-0.4, -0.2) is 35.4 Å². The van der Waals surface area contributed by atoms with Crippen LogP contribution in [0.3, 0.4) is 0 Å². The van der Waals surface area contributed by atoms with E-state index < -0.39 is 5.97 Å². The van der Waals surface area contributed by atoms with E-state index in [1.54, 1.807) is 19.5 Å². The number of rotatable bonds is 2. The Morgan fingerprint density at radius 3 is 2.67 bits per heavy atom. The predicted molar refractivity (Wildman–Crippen MR) is 48.2 cm³/mol. The van der Waals surface area contributed by atoms with Crippen molar-refractivity contribution in [2.45, 2.75) is 13.3 Å². The van der Waals surface area contributed by atoms with E-state index in [2.05, 4.69) is 11.6 Å². The number of carbonyl (C=O) groups is 1. The van der Waals surface area contributed by atoms with Gasteiger partial charge in [-0.2, -0.15) is 0 Å². The fraction of sp³-hybridized carbons (Fsp3) is 0.500. The highest BCUT2D eigenvalue weighted by molar-refractivity contribution is 5.66. The van der Waals surface area contributed by atoms with Gasteiger partial charge in [0.05, 0.1) is 12.9 Å². The number of hydrogen-bond acceptors (Lipinski definition) is 3. The summed E-state index contributed by atoms with van der Waals surface area (Å²) in [6.45, 7) is 7.10. The molecular formula is C8H14N2O2. The second kappa shape index (κ2) is 6.39. The minimum absolute atomic E-state index is 0.222. The summed E-state index contributed by atoms with van der Waals surface area (Å²) in [5.41, 5.74) is 0. The summed E-state index contributed by atoms with van der Waals surface area (Å²) in [5.74, 6) is -0.745. The van der Waals surface area contributed by atoms with Gasteiger partial charge in [-0.05, 0) is 6.20 Å². The van der Waals surface area contributed by atoms with Crippen LogP contribution in [0.4, 0.5) is 0 Å². The molecule has 4 nitrogen and oxygen atoms in total. The molecule has 1 heterocycles. The van der Waals surface area contributed by atoms with Crippen molar-refractivity contribution in [3.8, 4) is 0 Å². The van der Waals surface area contributed by atoms with E-state index in [1.807, 2.05) is 4.90 Å². The van der Waals surface area contributed by atoms with Crippen LogP contribution in [0.1, 0.15) is 13.3 Å². The predicted octanol–water partition coefficient (Wildman–Crippen LogP) is 0.955. The van der Waals surface area contributed by atoms with Gasteiger partial charge >= 0.3 is 5.97 Å². The smallest absolute Gasteiger partial charge is 0.303 e. The lowest BCUT2D eigenvalue weighted by atomic mass is 10.5. The van der Waals surface area contributed by atoms with Gasteiger partial charge < -0.3 is 10.0 Å². The topological polar surface area (TPSA) is 52.9 Å². The van der Waals surface area contributed by atoms with E-state index in [4.69, 9.17) is 5.11 Å². The molecule has 4 heteroatoms. The zero-order valence-electron chi connectivity index (χ0n) is 7.23. The fourth-order valence-electron chi connectivity index (χ4n) is 0.532. The minimum Gasteiger partial charge on any atom is -0.481 e. The van der Waals surface area contributed by atoms with Crippen LogP contribution in [0.2, 0.25) is 0 Å². The van der Waals surface area contributed by atoms with Crippen LogP contribution in [0.25, 0.3) is 0 Å². The van der Waals surface area contributed by atoms with Gasteiger partial charge in [0, 0.05) is 13.0 Å². The van der Waals surface area contributed by atoms with Crippen LogP contribution >= 0.6 is 0 Å². The van der Waals surface area contributed by atoms with E-state index >= 15 is 0 Å². The average Bonchev–Trinajstić information content (AvgIpc) is 2.57. The summed E-state index contributed by atoms with van der Waals surface area (Å²) in [6, 6.07) is 0. The fourth-order valence-corrected chi connectivity index (χ4v) is 0.532. The van der Waals surface area contributed by atoms with Gasteiger partial charge in [0.2, 0.25) is 0 Å². The Hall–Kier alpha value is -1.32. The minimum atomic E-state index is -0.745. The molecule has 12 heavy (non-hydrogen) atoms. The molecular weight excluding hydrogens is 156 g/mol. The van der Waals surface area contributed by atoms with Gasteiger partial charge in [-0.25, -0.2) is 0 Å². The number of nitrogens with zero attached hydrogens (tertiary/aromatic N) is 2. The van der Waals surface area contributed by atoms with Crippen molar-refractivity contribution in [2.24, 2.45) is 4.99 Å². The number of aliphatic carboxylic acids is 1. The van der Waals surface area contributed by atoms with Crippen molar-refractivity contribution < 1.29 is 9.90 Å². The highest BCUT2D eigenvalue weighted by Gasteiger charge is 1.96. The number of carboxylic acids is 1. The third-order valence-corrected chi connectivity index (χ3v) is 1.25. The third kappa shape index (κ3) is 5.46. The molecule has 0 aliphatic carbocycles. The Balaban J connectivity index is 0.000000217. The van der Waals surface area contributed by atoms with Crippen molar-refractivity contribution in [1.29, 1.82) is 0 Å². The summed E-state index contributed by atoms with van der Waals surface area (Å²) in [4.78, 5) is 15.3. The molecule has 1 rings (SSSR count). The molecule has 0 spiro atoms. The van der Waals surface area contributed by atoms with Crippen LogP contribution < -0.4 is 0 Å². The SMILES string of the molecule is C=CN1C=NCC1.CCC(=O)O. The first kappa shape index (κ1) is 10.7. The molecule has 0 fully saturated rings. The van der Waals surface area contributed by atoms with E-state index in [0.717, 1.165) is 13.1 Å². The monoisotopic (exact) mass is 170 g/mol. The second-order valence-electron chi connectivity index (χ2n) is 2.19. The Bertz CT molecular complexity index is 178. The first-order valence-corrected chi connectivity index (χ1v) is 3.80. The zero-order valence-corrected chi connectivity index (χ0v) is 7.23. The van der Waals surface area contributed by atoms with Gasteiger partial charge in [0.25, 0.3) is 0 Å². The lowest BCUT2D eigenvalue weighted by Gasteiger charge is -2.02. The van der Waals surface area contributed by atoms with Gasteiger partial charge in [0.15, 0.2) is 0 Å². The van der Waals surface area contributed by atoms with Crippen LogP contribution in [-0.2, 0) is 4.79 Å². The van der Waals surface area contributed by atoms with Gasteiger partial charge in [-0.1, -0.05) is 13.5 Å². The lowest BCUT2D eigenvalue weighted by Crippen LogP contribution is -2.09. The van der Waals surface area contributed by atoms with Gasteiger partial charge in [0.1, 0.15) is 0 Å². The molecule has 0 radical (unpaired) electrons. The van der Waals surface area contributed by atoms with Crippen LogP contribution in [0, 0.1) is 0 Å². The summed E-state index contributed by atoms with van der Waals surface area (Å²) in [6.07, 6.45) is 3.80. The Labute approximate surface area is 72.2 Å². The first-order chi connectivity index (χ1) is 5.70. The van der Waals surface area contributed by atoms with Crippen molar-refractivity contribution in [3.63, 3.8) is 0 Å². The third-order valence-electron chi connectivity index (χ3n) is 1.25. The molecule has 0 unspecified atom stereocenters. The molecule has 1 N–H and O–H groups in total. The van der Waals surface area contributed by atoms with E-state index in [-0.39, 0.29) is 6.42 Å². The molecule has 0 amide bonds. The van der Waals surface area contributed by atoms with Crippen LogP contribution in [0.5, 0.6) is 0 Å². The Morgan fingerprint density at radius 2 is 2.50 bits per heavy atom. The Morgan fingerprint density at radius 1 is 1.92 bits per heavy atom. The number of aliphatic imine (C=N–C) groups is 1. The second-order valence-corrected chi connectivity index (χ2v) is 2.19. The average molecular weight is 170 g/mol. The largest absolute Gasteiger partial charge is 0.481 e. The molecule has 0 aromatic carbocycles. The molecule has 0 aromatic heterocycles. The van der Waals surface area contributed by atoms with Crippen molar-refractivity contribution in [3.05, 3.63) is 12.8 Å². The molecule has 68 valence electrons. The van der Waals surface area contributed by atoms with E-state index in [0.29, 0.717) is 0 Å². The maximum Gasteiger partial charge on any atom is 0.303 e. The van der Waals surface area contributed by atoms with Crippen molar-refractivity contribution >= 4 is 12.3 Å². The van der Waals surface area contributed by atoms with Crippen LogP contribution in [0.15, 0.2) is 17.8 Å². The maximum atomic E-state index is 9.37. The molecule has 0 bridgehead atoms. The molecule has 1 aliphatic rings. The van der Waals surface area contributed by atoms with Gasteiger partial charge in [-0.3, -0.25) is 9.79 Å². The number of carboxylic acid groups (broad SMARTS) is 1. The molecule has 0 atom stereocenters. The number of hydrogen-bond donors (Lipinski definition) is 1. The maximum absolute atomic E-state index is 9.37. The normalized spacial score (nSPS) is 13.6. The molecule has 0 saturated carbocycles. The summed E-state index contributed by atoms with van der Waals surface area (Å²) in [5, 5.41) is 7.72. The summed E-state index contributed by atoms with van der Waals surface area (Å²) >= 11 is 0. The Kier molecular flexibility index (Phi) is 5.69. The molecule has 0 aromatic rings. The molecule has 1 aliphatic heterocycles. The summed E-state index contributed by atoms with van der Waals surface area (Å²) < 4.78 is 0. The summed E-state index contributed by atoms with van der Waals surface area (Å²) in [7, 11) is 0. The standard InChI is InChI=1S/C5H8N2.C3H6O2/c1-2-7-4-3-6-5-7;1-2-3(4)5/h2,5H,1,3-4H2;2H2,1H3,(H,4,5). The lowest BCUT2D eigenvalue weighted by molar-refractivity contribution is -0.136. The van der Waals surface area contributed by atoms with E-state index in [1.165, 1.54) is 0 Å².